The average Bonchev–Trinajstić information content (AvgIpc) is 3.05. The third-order valence-corrected chi connectivity index (χ3v) is 5.36. The van der Waals surface area contributed by atoms with Crippen molar-refractivity contribution >= 4 is 22.8 Å². The van der Waals surface area contributed by atoms with Crippen molar-refractivity contribution in [1.29, 1.82) is 0 Å². The number of imidazole rings is 1. The van der Waals surface area contributed by atoms with Gasteiger partial charge in [-0.25, -0.2) is 23.5 Å². The summed E-state index contributed by atoms with van der Waals surface area (Å²) in [6.45, 7) is 1.79. The zero-order chi connectivity index (χ0) is 23.0. The second-order valence-electron chi connectivity index (χ2n) is 7.68. The van der Waals surface area contributed by atoms with E-state index >= 15 is 0 Å². The lowest BCUT2D eigenvalue weighted by molar-refractivity contribution is 0.0595. The molecule has 8 heteroatoms. The Kier molecular flexibility index (Phi) is 5.52. The van der Waals surface area contributed by atoms with E-state index in [0.29, 0.717) is 16.9 Å². The van der Waals surface area contributed by atoms with Gasteiger partial charge in [-0.15, -0.1) is 0 Å². The second-order valence-corrected chi connectivity index (χ2v) is 7.68. The van der Waals surface area contributed by atoms with E-state index in [2.05, 4.69) is 9.72 Å². The number of anilines is 1. The number of pyridine rings is 1. The highest BCUT2D eigenvalue weighted by atomic mass is 19.1. The van der Waals surface area contributed by atoms with Crippen LogP contribution < -0.4 is 10.6 Å². The maximum atomic E-state index is 15.0. The van der Waals surface area contributed by atoms with Crippen molar-refractivity contribution in [3.63, 3.8) is 0 Å². The number of hydrogen-bond donors (Lipinski definition) is 0. The van der Waals surface area contributed by atoms with Gasteiger partial charge in [0.2, 0.25) is 0 Å². The van der Waals surface area contributed by atoms with Crippen LogP contribution >= 0.6 is 0 Å². The summed E-state index contributed by atoms with van der Waals surface area (Å²) in [5.41, 5.74) is 3.15. The summed E-state index contributed by atoms with van der Waals surface area (Å²) in [7, 11) is 5.08. The van der Waals surface area contributed by atoms with E-state index in [1.54, 1.807) is 24.3 Å². The van der Waals surface area contributed by atoms with Gasteiger partial charge in [-0.3, -0.25) is 4.57 Å². The number of esters is 1. The number of rotatable bonds is 5. The van der Waals surface area contributed by atoms with Crippen LogP contribution in [0.15, 0.2) is 59.4 Å². The molecule has 0 radical (unpaired) electrons. The fourth-order valence-electron chi connectivity index (χ4n) is 3.65. The minimum Gasteiger partial charge on any atom is -0.465 e. The Morgan fingerprint density at radius 1 is 1.09 bits per heavy atom. The number of hydrogen-bond acceptors (Lipinski definition) is 5. The number of nitrogens with zero attached hydrogens (tertiary/aromatic N) is 4. The van der Waals surface area contributed by atoms with Crippen LogP contribution in [0.5, 0.6) is 0 Å². The Morgan fingerprint density at radius 3 is 2.47 bits per heavy atom. The van der Waals surface area contributed by atoms with Crippen molar-refractivity contribution in [2.75, 3.05) is 26.1 Å². The topological polar surface area (TPSA) is 69.4 Å². The van der Waals surface area contributed by atoms with Crippen molar-refractivity contribution in [1.82, 2.24) is 14.1 Å². The summed E-state index contributed by atoms with van der Waals surface area (Å²) in [5, 5.41) is 0. The zero-order valence-electron chi connectivity index (χ0n) is 18.3. The van der Waals surface area contributed by atoms with Gasteiger partial charge in [-0.1, -0.05) is 12.1 Å². The molecule has 0 unspecified atom stereocenters. The Balaban J connectivity index is 1.88. The monoisotopic (exact) mass is 434 g/mol. The molecule has 0 aliphatic heterocycles. The van der Waals surface area contributed by atoms with Gasteiger partial charge in [-0.2, -0.15) is 0 Å². The number of carbonyl (C=O) groups is 1. The molecule has 0 amide bonds. The highest BCUT2D eigenvalue weighted by Gasteiger charge is 2.20. The lowest BCUT2D eigenvalue weighted by atomic mass is 10.1. The Labute approximate surface area is 184 Å². The van der Waals surface area contributed by atoms with Gasteiger partial charge < -0.3 is 9.64 Å². The highest BCUT2D eigenvalue weighted by molar-refractivity contribution is 5.89. The first-order valence-electron chi connectivity index (χ1n) is 10.0. The number of methoxy groups -OCH3 is 1. The van der Waals surface area contributed by atoms with Crippen LogP contribution in [0, 0.1) is 12.7 Å². The van der Waals surface area contributed by atoms with Crippen molar-refractivity contribution < 1.29 is 13.9 Å². The molecular formula is C24H23FN4O3. The number of fused-ring (bicyclic) bond motifs is 1. The van der Waals surface area contributed by atoms with Crippen molar-refractivity contribution in [2.45, 2.75) is 13.5 Å². The third kappa shape index (κ3) is 3.64. The van der Waals surface area contributed by atoms with Gasteiger partial charge >= 0.3 is 11.7 Å². The molecule has 0 aliphatic carbocycles. The molecule has 4 aromatic rings. The van der Waals surface area contributed by atoms with Crippen LogP contribution in [0.3, 0.4) is 0 Å². The van der Waals surface area contributed by atoms with Crippen LogP contribution in [-0.2, 0) is 11.3 Å². The maximum Gasteiger partial charge on any atom is 0.340 e. The molecule has 7 nitrogen and oxygen atoms in total. The molecule has 0 fully saturated rings. The number of aryl methyl sites for hydroxylation is 1. The summed E-state index contributed by atoms with van der Waals surface area (Å²) in [4.78, 5) is 31.9. The van der Waals surface area contributed by atoms with Crippen LogP contribution in [0.2, 0.25) is 0 Å². The summed E-state index contributed by atoms with van der Waals surface area (Å²) in [5.74, 6) is -1.47. The number of halogens is 1. The smallest absolute Gasteiger partial charge is 0.340 e. The molecule has 0 N–H and O–H groups in total. The standard InChI is InChI=1S/C24H23FN4O3/c1-15-8-13-20-22(26-15)29(18-11-9-17(10-12-18)27(2)3)24(31)28(20)14-16-6-5-7-19(21(16)25)23(30)32-4/h5-13H,14H2,1-4H3. The van der Waals surface area contributed by atoms with E-state index in [9.17, 15) is 14.0 Å². The van der Waals surface area contributed by atoms with Crippen LogP contribution in [-0.4, -0.2) is 41.3 Å². The van der Waals surface area contributed by atoms with E-state index in [-0.39, 0.29) is 23.4 Å². The molecule has 32 heavy (non-hydrogen) atoms. The van der Waals surface area contributed by atoms with E-state index in [1.807, 2.05) is 50.2 Å². The normalized spacial score (nSPS) is 11.0. The second kappa shape index (κ2) is 8.30. The van der Waals surface area contributed by atoms with E-state index < -0.39 is 11.8 Å². The number of carbonyl (C=O) groups excluding carboxylic acids is 1. The Hall–Kier alpha value is -3.94. The third-order valence-electron chi connectivity index (χ3n) is 5.36. The van der Waals surface area contributed by atoms with Gasteiger partial charge in [0, 0.05) is 31.0 Å². The largest absolute Gasteiger partial charge is 0.465 e. The molecule has 4 rings (SSSR count). The SMILES string of the molecule is COC(=O)c1cccc(Cn2c(=O)n(-c3ccc(N(C)C)cc3)c3nc(C)ccc32)c1F. The Bertz CT molecular complexity index is 1370. The van der Waals surface area contributed by atoms with Gasteiger partial charge in [0.1, 0.15) is 5.82 Å². The van der Waals surface area contributed by atoms with Crippen LogP contribution in [0.1, 0.15) is 21.6 Å². The predicted octanol–water partition coefficient (Wildman–Crippen LogP) is 3.54. The molecule has 2 aromatic heterocycles. The maximum absolute atomic E-state index is 15.0. The highest BCUT2D eigenvalue weighted by Crippen LogP contribution is 2.22. The van der Waals surface area contributed by atoms with E-state index in [4.69, 9.17) is 0 Å². The summed E-state index contributed by atoms with van der Waals surface area (Å²) in [6, 6.07) is 15.6. The lowest BCUT2D eigenvalue weighted by Gasteiger charge is -2.12. The summed E-state index contributed by atoms with van der Waals surface area (Å²) >= 11 is 0. The van der Waals surface area contributed by atoms with Crippen LogP contribution in [0.4, 0.5) is 10.1 Å². The van der Waals surface area contributed by atoms with Crippen LogP contribution in [0.25, 0.3) is 16.9 Å². The molecule has 0 saturated carbocycles. The van der Waals surface area contributed by atoms with Gasteiger partial charge in [0.15, 0.2) is 5.65 Å². The first kappa shape index (κ1) is 21.3. The fourth-order valence-corrected chi connectivity index (χ4v) is 3.65. The van der Waals surface area contributed by atoms with Gasteiger partial charge in [0.25, 0.3) is 0 Å². The first-order chi connectivity index (χ1) is 15.3. The molecule has 0 spiro atoms. The number of benzene rings is 2. The predicted molar refractivity (Wildman–Crippen MR) is 121 cm³/mol. The first-order valence-corrected chi connectivity index (χ1v) is 10.0. The fraction of sp³-hybridized carbons (Fsp3) is 0.208. The van der Waals surface area contributed by atoms with E-state index in [0.717, 1.165) is 11.4 Å². The van der Waals surface area contributed by atoms with Crippen molar-refractivity contribution in [3.8, 4) is 5.69 Å². The number of aromatic nitrogens is 3. The van der Waals surface area contributed by atoms with E-state index in [1.165, 1.54) is 22.3 Å². The zero-order valence-corrected chi connectivity index (χ0v) is 18.3. The summed E-state index contributed by atoms with van der Waals surface area (Å²) in [6.07, 6.45) is 0. The minimum absolute atomic E-state index is 0.0560. The van der Waals surface area contributed by atoms with Gasteiger partial charge in [-0.05, 0) is 49.4 Å². The molecule has 0 aliphatic rings. The molecule has 2 heterocycles. The van der Waals surface area contributed by atoms with Crippen molar-refractivity contribution in [2.24, 2.45) is 0 Å². The summed E-state index contributed by atoms with van der Waals surface area (Å²) < 4.78 is 22.6. The number of ether oxygens (including phenoxy) is 1. The molecule has 0 bridgehead atoms. The average molecular weight is 434 g/mol. The minimum atomic E-state index is -0.766. The van der Waals surface area contributed by atoms with Gasteiger partial charge in [0.05, 0.1) is 30.4 Å². The quantitative estimate of drug-likeness (QED) is 0.450. The Morgan fingerprint density at radius 2 is 1.81 bits per heavy atom. The molecule has 0 atom stereocenters. The lowest BCUT2D eigenvalue weighted by Crippen LogP contribution is -2.24. The molecule has 0 saturated heterocycles. The molecule has 164 valence electrons. The molecule has 2 aromatic carbocycles. The molecular weight excluding hydrogens is 411 g/mol. The van der Waals surface area contributed by atoms with Crippen molar-refractivity contribution in [3.05, 3.63) is 87.7 Å².